The van der Waals surface area contributed by atoms with E-state index in [2.05, 4.69) is 6.92 Å². The molecule has 1 atom stereocenters. The van der Waals surface area contributed by atoms with Gasteiger partial charge in [0.05, 0.1) is 27.8 Å². The van der Waals surface area contributed by atoms with Crippen molar-refractivity contribution in [2.45, 2.75) is 25.7 Å². The third-order valence-electron chi connectivity index (χ3n) is 4.26. The van der Waals surface area contributed by atoms with Crippen LogP contribution >= 0.6 is 11.6 Å². The minimum atomic E-state index is -0.281. The van der Waals surface area contributed by atoms with E-state index in [-0.39, 0.29) is 18.3 Å². The van der Waals surface area contributed by atoms with Gasteiger partial charge < -0.3 is 14.2 Å². The molecule has 0 fully saturated rings. The van der Waals surface area contributed by atoms with Gasteiger partial charge in [0.25, 0.3) is 0 Å². The van der Waals surface area contributed by atoms with Gasteiger partial charge in [-0.1, -0.05) is 36.7 Å². The largest absolute Gasteiger partial charge is 0.493 e. The number of methoxy groups -OCH3 is 3. The van der Waals surface area contributed by atoms with Crippen molar-refractivity contribution in [3.8, 4) is 11.5 Å². The van der Waals surface area contributed by atoms with E-state index in [0.717, 1.165) is 23.1 Å². The van der Waals surface area contributed by atoms with E-state index < -0.39 is 0 Å². The molecule has 1 unspecified atom stereocenters. The van der Waals surface area contributed by atoms with Gasteiger partial charge in [-0.2, -0.15) is 0 Å². The fraction of sp³-hybridized carbons (Fsp3) is 0.350. The highest BCUT2D eigenvalue weighted by molar-refractivity contribution is 6.30. The minimum Gasteiger partial charge on any atom is -0.493 e. The smallest absolute Gasteiger partial charge is 0.309 e. The number of carbonyl (C=O) groups is 1. The lowest BCUT2D eigenvalue weighted by Gasteiger charge is -2.23. The first-order valence-electron chi connectivity index (χ1n) is 8.11. The zero-order valence-corrected chi connectivity index (χ0v) is 15.7. The lowest BCUT2D eigenvalue weighted by Crippen LogP contribution is -2.11. The van der Waals surface area contributed by atoms with Gasteiger partial charge in [-0.15, -0.1) is 0 Å². The van der Waals surface area contributed by atoms with E-state index in [1.54, 1.807) is 20.3 Å². The van der Waals surface area contributed by atoms with Crippen LogP contribution < -0.4 is 9.47 Å². The highest BCUT2D eigenvalue weighted by atomic mass is 35.5. The van der Waals surface area contributed by atoms with Crippen molar-refractivity contribution in [3.05, 3.63) is 58.1 Å². The average Bonchev–Trinajstić information content (AvgIpc) is 2.63. The van der Waals surface area contributed by atoms with Crippen molar-refractivity contribution in [2.24, 2.45) is 0 Å². The van der Waals surface area contributed by atoms with Crippen molar-refractivity contribution >= 4 is 17.6 Å². The summed E-state index contributed by atoms with van der Waals surface area (Å²) in [5.74, 6) is 1.11. The molecule has 0 aliphatic carbocycles. The fourth-order valence-electron chi connectivity index (χ4n) is 3.07. The zero-order chi connectivity index (χ0) is 18.4. The Bertz CT molecular complexity index is 742. The van der Waals surface area contributed by atoms with Crippen LogP contribution in [0.2, 0.25) is 5.02 Å². The molecule has 2 aromatic carbocycles. The first kappa shape index (κ1) is 19.1. The van der Waals surface area contributed by atoms with Crippen LogP contribution in [0.4, 0.5) is 0 Å². The van der Waals surface area contributed by atoms with E-state index in [9.17, 15) is 4.79 Å². The molecule has 0 saturated carbocycles. The van der Waals surface area contributed by atoms with Crippen molar-refractivity contribution in [1.82, 2.24) is 0 Å². The van der Waals surface area contributed by atoms with Crippen LogP contribution in [0.1, 0.15) is 36.0 Å². The lowest BCUT2D eigenvalue weighted by atomic mass is 9.84. The summed E-state index contributed by atoms with van der Waals surface area (Å²) in [6, 6.07) is 11.4. The van der Waals surface area contributed by atoms with Gasteiger partial charge in [0.15, 0.2) is 11.5 Å². The molecule has 0 amide bonds. The Kier molecular flexibility index (Phi) is 6.71. The molecule has 0 saturated heterocycles. The highest BCUT2D eigenvalue weighted by Gasteiger charge is 2.23. The Morgan fingerprint density at radius 1 is 1.08 bits per heavy atom. The number of rotatable bonds is 7. The van der Waals surface area contributed by atoms with Crippen molar-refractivity contribution in [2.75, 3.05) is 21.3 Å². The Morgan fingerprint density at radius 2 is 1.84 bits per heavy atom. The monoisotopic (exact) mass is 362 g/mol. The van der Waals surface area contributed by atoms with E-state index in [4.69, 9.17) is 25.8 Å². The molecule has 25 heavy (non-hydrogen) atoms. The second kappa shape index (κ2) is 8.77. The van der Waals surface area contributed by atoms with Gasteiger partial charge in [0, 0.05) is 16.5 Å². The van der Waals surface area contributed by atoms with Crippen molar-refractivity contribution < 1.29 is 19.0 Å². The zero-order valence-electron chi connectivity index (χ0n) is 15.0. The molecular weight excluding hydrogens is 340 g/mol. The number of esters is 1. The molecule has 0 N–H and O–H groups in total. The molecule has 0 heterocycles. The second-order valence-electron chi connectivity index (χ2n) is 5.64. The standard InChI is InChI=1S/C20H23ClO4/c1-5-15(16-7-6-8-18(23-2)20(16)25-4)17-12-14(21)10-9-13(17)11-19(22)24-3/h6-10,12,15H,5,11H2,1-4H3. The number of hydrogen-bond donors (Lipinski definition) is 0. The summed E-state index contributed by atoms with van der Waals surface area (Å²) in [5.41, 5.74) is 2.89. The molecular formula is C20H23ClO4. The Labute approximate surface area is 153 Å². The molecule has 0 aromatic heterocycles. The van der Waals surface area contributed by atoms with Crippen LogP contribution in [0.3, 0.4) is 0 Å². The molecule has 2 rings (SSSR count). The SMILES string of the molecule is CCC(c1cc(Cl)ccc1CC(=O)OC)c1cccc(OC)c1OC. The van der Waals surface area contributed by atoms with Crippen molar-refractivity contribution in [3.63, 3.8) is 0 Å². The summed E-state index contributed by atoms with van der Waals surface area (Å²) in [4.78, 5) is 11.8. The molecule has 4 nitrogen and oxygen atoms in total. The van der Waals surface area contributed by atoms with Crippen LogP contribution in [0, 0.1) is 0 Å². The summed E-state index contributed by atoms with van der Waals surface area (Å²) < 4.78 is 15.8. The van der Waals surface area contributed by atoms with Gasteiger partial charge >= 0.3 is 5.97 Å². The topological polar surface area (TPSA) is 44.8 Å². The lowest BCUT2D eigenvalue weighted by molar-refractivity contribution is -0.139. The number of hydrogen-bond acceptors (Lipinski definition) is 4. The minimum absolute atomic E-state index is 0.0170. The van der Waals surface area contributed by atoms with E-state index in [1.807, 2.05) is 30.3 Å². The number of ether oxygens (including phenoxy) is 3. The summed E-state index contributed by atoms with van der Waals surface area (Å²) in [7, 11) is 4.63. The van der Waals surface area contributed by atoms with Crippen LogP contribution in [-0.2, 0) is 16.0 Å². The van der Waals surface area contributed by atoms with Gasteiger partial charge in [0.2, 0.25) is 0 Å². The molecule has 0 bridgehead atoms. The third kappa shape index (κ3) is 4.26. The second-order valence-corrected chi connectivity index (χ2v) is 6.08. The summed E-state index contributed by atoms with van der Waals surface area (Å²) in [6.45, 7) is 2.09. The summed E-state index contributed by atoms with van der Waals surface area (Å²) in [5, 5.41) is 0.629. The van der Waals surface area contributed by atoms with E-state index in [1.165, 1.54) is 7.11 Å². The predicted molar refractivity (Wildman–Crippen MR) is 98.9 cm³/mol. The molecule has 5 heteroatoms. The predicted octanol–water partition coefficient (Wildman–Crippen LogP) is 4.61. The maximum absolute atomic E-state index is 11.8. The maximum atomic E-state index is 11.8. The number of para-hydroxylation sites is 1. The van der Waals surface area contributed by atoms with Crippen molar-refractivity contribution in [1.29, 1.82) is 0 Å². The molecule has 2 aromatic rings. The van der Waals surface area contributed by atoms with Crippen LogP contribution in [0.15, 0.2) is 36.4 Å². The Balaban J connectivity index is 2.58. The van der Waals surface area contributed by atoms with Gasteiger partial charge in [-0.25, -0.2) is 0 Å². The Hall–Kier alpha value is -2.20. The number of benzene rings is 2. The van der Waals surface area contributed by atoms with Crippen LogP contribution in [0.25, 0.3) is 0 Å². The van der Waals surface area contributed by atoms with Gasteiger partial charge in [-0.05, 0) is 35.7 Å². The quantitative estimate of drug-likeness (QED) is 0.674. The summed E-state index contributed by atoms with van der Waals surface area (Å²) >= 11 is 6.24. The number of carbonyl (C=O) groups excluding carboxylic acids is 1. The highest BCUT2D eigenvalue weighted by Crippen LogP contribution is 2.41. The average molecular weight is 363 g/mol. The van der Waals surface area contributed by atoms with Crippen LogP contribution in [-0.4, -0.2) is 27.3 Å². The molecule has 134 valence electrons. The molecule has 0 aliphatic heterocycles. The first-order valence-corrected chi connectivity index (χ1v) is 8.49. The third-order valence-corrected chi connectivity index (χ3v) is 4.50. The molecule has 0 radical (unpaired) electrons. The van der Waals surface area contributed by atoms with Gasteiger partial charge in [0.1, 0.15) is 0 Å². The summed E-state index contributed by atoms with van der Waals surface area (Å²) in [6.07, 6.45) is 1.02. The maximum Gasteiger partial charge on any atom is 0.309 e. The van der Waals surface area contributed by atoms with E-state index >= 15 is 0 Å². The van der Waals surface area contributed by atoms with Crippen LogP contribution in [0.5, 0.6) is 11.5 Å². The fourth-order valence-corrected chi connectivity index (χ4v) is 3.25. The van der Waals surface area contributed by atoms with Gasteiger partial charge in [-0.3, -0.25) is 4.79 Å². The first-order chi connectivity index (χ1) is 12.0. The van der Waals surface area contributed by atoms with E-state index in [0.29, 0.717) is 16.5 Å². The Morgan fingerprint density at radius 3 is 2.44 bits per heavy atom. The molecule has 0 spiro atoms. The number of halogens is 1. The normalized spacial score (nSPS) is 11.7. The molecule has 0 aliphatic rings.